The second-order valence-corrected chi connectivity index (χ2v) is 4.85. The maximum atomic E-state index is 11.8. The Hall–Kier alpha value is -3.49. The average molecular weight is 331 g/mol. The summed E-state index contributed by atoms with van der Waals surface area (Å²) in [5, 5.41) is 23.7. The molecule has 0 heterocycles. The summed E-state index contributed by atoms with van der Waals surface area (Å²) in [5.41, 5.74) is 0.794. The van der Waals surface area contributed by atoms with Crippen LogP contribution in [0.4, 0.5) is 17.1 Å². The molecule has 0 aliphatic heterocycles. The van der Waals surface area contributed by atoms with E-state index in [2.05, 4.69) is 5.32 Å². The Labute approximate surface area is 136 Å². The molecule has 1 amide bonds. The highest BCUT2D eigenvalue weighted by Gasteiger charge is 2.11. The van der Waals surface area contributed by atoms with Crippen molar-refractivity contribution in [1.29, 1.82) is 0 Å². The van der Waals surface area contributed by atoms with E-state index in [1.54, 1.807) is 6.92 Å². The van der Waals surface area contributed by atoms with Crippen LogP contribution < -0.4 is 10.1 Å². The summed E-state index contributed by atoms with van der Waals surface area (Å²) < 4.78 is 5.32. The van der Waals surface area contributed by atoms with Gasteiger partial charge in [0, 0.05) is 30.0 Å². The number of nitrogens with one attached hydrogen (secondary N) is 1. The lowest BCUT2D eigenvalue weighted by Gasteiger charge is -2.09. The molecule has 0 aromatic heterocycles. The zero-order valence-electron chi connectivity index (χ0n) is 12.6. The lowest BCUT2D eigenvalue weighted by molar-refractivity contribution is -0.385. The Kier molecular flexibility index (Phi) is 5.05. The van der Waals surface area contributed by atoms with Crippen LogP contribution in [0.1, 0.15) is 5.56 Å². The third-order valence-electron chi connectivity index (χ3n) is 3.09. The van der Waals surface area contributed by atoms with Crippen LogP contribution in [0.15, 0.2) is 42.5 Å². The molecule has 0 saturated carbocycles. The zero-order chi connectivity index (χ0) is 17.7. The summed E-state index contributed by atoms with van der Waals surface area (Å²) in [5.74, 6) is -0.0962. The van der Waals surface area contributed by atoms with Crippen molar-refractivity contribution < 1.29 is 19.4 Å². The van der Waals surface area contributed by atoms with Crippen molar-refractivity contribution in [2.45, 2.75) is 6.92 Å². The van der Waals surface area contributed by atoms with Crippen molar-refractivity contribution in [2.24, 2.45) is 0 Å². The van der Waals surface area contributed by atoms with Crippen LogP contribution in [-0.4, -0.2) is 22.4 Å². The molecule has 1 N–H and O–H groups in total. The normalized spacial score (nSPS) is 10.0. The molecule has 2 rings (SSSR count). The maximum absolute atomic E-state index is 11.8. The Morgan fingerprint density at radius 3 is 2.17 bits per heavy atom. The van der Waals surface area contributed by atoms with Crippen LogP contribution in [0, 0.1) is 27.2 Å². The molecule has 2 aromatic rings. The molecule has 0 unspecified atom stereocenters. The highest BCUT2D eigenvalue weighted by Crippen LogP contribution is 2.23. The van der Waals surface area contributed by atoms with Crippen LogP contribution in [0.5, 0.6) is 5.75 Å². The predicted octanol–water partition coefficient (Wildman–Crippen LogP) is 2.83. The monoisotopic (exact) mass is 331 g/mol. The fourth-order valence-electron chi connectivity index (χ4n) is 1.92. The second kappa shape index (κ2) is 7.18. The zero-order valence-corrected chi connectivity index (χ0v) is 12.6. The van der Waals surface area contributed by atoms with Gasteiger partial charge in [0.25, 0.3) is 17.3 Å². The van der Waals surface area contributed by atoms with Gasteiger partial charge in [-0.15, -0.1) is 0 Å². The van der Waals surface area contributed by atoms with E-state index < -0.39 is 15.8 Å². The molecular formula is C15H13N3O6. The molecule has 0 saturated heterocycles. The number of carbonyl (C=O) groups excluding carboxylic acids is 1. The van der Waals surface area contributed by atoms with E-state index in [0.29, 0.717) is 17.0 Å². The van der Waals surface area contributed by atoms with Gasteiger partial charge in [0.05, 0.1) is 9.85 Å². The minimum Gasteiger partial charge on any atom is -0.483 e. The number of hydrogen-bond donors (Lipinski definition) is 1. The number of aryl methyl sites for hydroxylation is 1. The molecule has 24 heavy (non-hydrogen) atoms. The van der Waals surface area contributed by atoms with Gasteiger partial charge in [0.1, 0.15) is 5.75 Å². The minimum absolute atomic E-state index is 0.0600. The molecule has 2 aromatic carbocycles. The molecule has 124 valence electrons. The topological polar surface area (TPSA) is 125 Å². The minimum atomic E-state index is -0.536. The van der Waals surface area contributed by atoms with Gasteiger partial charge in [-0.25, -0.2) is 0 Å². The van der Waals surface area contributed by atoms with Crippen LogP contribution in [0.25, 0.3) is 0 Å². The number of nitro groups is 2. The van der Waals surface area contributed by atoms with E-state index in [4.69, 9.17) is 4.74 Å². The van der Waals surface area contributed by atoms with Gasteiger partial charge in [0.2, 0.25) is 0 Å². The number of benzene rings is 2. The summed E-state index contributed by atoms with van der Waals surface area (Å²) in [6.45, 7) is 1.34. The molecule has 0 bridgehead atoms. The number of hydrogen-bond acceptors (Lipinski definition) is 6. The molecule has 0 spiro atoms. The van der Waals surface area contributed by atoms with E-state index in [1.165, 1.54) is 42.5 Å². The molecule has 0 radical (unpaired) electrons. The number of ether oxygens (including phenoxy) is 1. The first kappa shape index (κ1) is 16.9. The predicted molar refractivity (Wildman–Crippen MR) is 85.1 cm³/mol. The summed E-state index contributed by atoms with van der Waals surface area (Å²) in [6, 6.07) is 9.43. The van der Waals surface area contributed by atoms with E-state index in [0.717, 1.165) is 0 Å². The number of nitrogens with zero attached hydrogens (tertiary/aromatic N) is 2. The lowest BCUT2D eigenvalue weighted by atomic mass is 10.2. The van der Waals surface area contributed by atoms with Crippen molar-refractivity contribution in [2.75, 3.05) is 11.9 Å². The number of carbonyl (C=O) groups is 1. The summed E-state index contributed by atoms with van der Waals surface area (Å²) in [6.07, 6.45) is 0. The van der Waals surface area contributed by atoms with Crippen molar-refractivity contribution in [3.8, 4) is 5.75 Å². The lowest BCUT2D eigenvalue weighted by Crippen LogP contribution is -2.20. The molecule has 0 aliphatic carbocycles. The standard InChI is InChI=1S/C15H13N3O6/c1-10-8-13(18(22)23)6-7-14(10)24-9-15(19)16-11-2-4-12(5-3-11)17(20)21/h2-8H,9H2,1H3,(H,16,19). The maximum Gasteiger partial charge on any atom is 0.269 e. The Balaban J connectivity index is 1.93. The van der Waals surface area contributed by atoms with Gasteiger partial charge in [-0.3, -0.25) is 25.0 Å². The summed E-state index contributed by atoms with van der Waals surface area (Å²) in [4.78, 5) is 32.0. The van der Waals surface area contributed by atoms with Crippen molar-refractivity contribution in [1.82, 2.24) is 0 Å². The van der Waals surface area contributed by atoms with Crippen molar-refractivity contribution >= 4 is 23.0 Å². The van der Waals surface area contributed by atoms with Crippen LogP contribution in [-0.2, 0) is 4.79 Å². The fraction of sp³-hybridized carbons (Fsp3) is 0.133. The third-order valence-corrected chi connectivity index (χ3v) is 3.09. The van der Waals surface area contributed by atoms with Gasteiger partial charge in [0.15, 0.2) is 6.61 Å². The number of nitro benzene ring substituents is 2. The van der Waals surface area contributed by atoms with Gasteiger partial charge in [-0.1, -0.05) is 0 Å². The first-order chi connectivity index (χ1) is 11.4. The number of amides is 1. The summed E-state index contributed by atoms with van der Waals surface area (Å²) in [7, 11) is 0. The molecule has 9 nitrogen and oxygen atoms in total. The highest BCUT2D eigenvalue weighted by molar-refractivity contribution is 5.92. The molecule has 0 atom stereocenters. The molecule has 0 aliphatic rings. The fourth-order valence-corrected chi connectivity index (χ4v) is 1.92. The quantitative estimate of drug-likeness (QED) is 0.641. The van der Waals surface area contributed by atoms with Gasteiger partial charge < -0.3 is 10.1 Å². The number of non-ortho nitro benzene ring substituents is 2. The molecular weight excluding hydrogens is 318 g/mol. The highest BCUT2D eigenvalue weighted by atomic mass is 16.6. The first-order valence-electron chi connectivity index (χ1n) is 6.79. The Morgan fingerprint density at radius 1 is 1.04 bits per heavy atom. The van der Waals surface area contributed by atoms with Crippen molar-refractivity contribution in [3.63, 3.8) is 0 Å². The van der Waals surface area contributed by atoms with Crippen molar-refractivity contribution in [3.05, 3.63) is 68.3 Å². The van der Waals surface area contributed by atoms with Gasteiger partial charge >= 0.3 is 0 Å². The van der Waals surface area contributed by atoms with E-state index >= 15 is 0 Å². The van der Waals surface area contributed by atoms with Gasteiger partial charge in [-0.05, 0) is 30.7 Å². The average Bonchev–Trinajstić information content (AvgIpc) is 2.54. The molecule has 9 heteroatoms. The summed E-state index contributed by atoms with van der Waals surface area (Å²) >= 11 is 0. The van der Waals surface area contributed by atoms with Gasteiger partial charge in [-0.2, -0.15) is 0 Å². The third kappa shape index (κ3) is 4.26. The molecule has 0 fully saturated rings. The van der Waals surface area contributed by atoms with Crippen LogP contribution in [0.3, 0.4) is 0 Å². The van der Waals surface area contributed by atoms with E-state index in [-0.39, 0.29) is 18.0 Å². The second-order valence-electron chi connectivity index (χ2n) is 4.85. The SMILES string of the molecule is Cc1cc([N+](=O)[O-])ccc1OCC(=O)Nc1ccc([N+](=O)[O-])cc1. The Bertz CT molecular complexity index is 788. The van der Waals surface area contributed by atoms with Crippen LogP contribution >= 0.6 is 0 Å². The first-order valence-corrected chi connectivity index (χ1v) is 6.79. The number of anilines is 1. The number of rotatable bonds is 6. The van der Waals surface area contributed by atoms with Crippen LogP contribution in [0.2, 0.25) is 0 Å². The smallest absolute Gasteiger partial charge is 0.269 e. The van der Waals surface area contributed by atoms with E-state index in [9.17, 15) is 25.0 Å². The van der Waals surface area contributed by atoms with E-state index in [1.807, 2.05) is 0 Å². The Morgan fingerprint density at radius 2 is 1.62 bits per heavy atom. The largest absolute Gasteiger partial charge is 0.483 e.